The number of aromatic amines is 1. The number of rotatable bonds is 9. The van der Waals surface area contributed by atoms with Crippen LogP contribution in [0.2, 0.25) is 0 Å². The van der Waals surface area contributed by atoms with E-state index < -0.39 is 23.9 Å². The van der Waals surface area contributed by atoms with Crippen LogP contribution in [0.15, 0.2) is 30.3 Å². The molecule has 0 radical (unpaired) electrons. The third-order valence-corrected chi connectivity index (χ3v) is 6.00. The van der Waals surface area contributed by atoms with Crippen LogP contribution in [-0.2, 0) is 14.4 Å². The van der Waals surface area contributed by atoms with Crippen molar-refractivity contribution in [2.75, 3.05) is 12.4 Å². The van der Waals surface area contributed by atoms with Crippen molar-refractivity contribution in [2.24, 2.45) is 11.3 Å². The van der Waals surface area contributed by atoms with Crippen LogP contribution in [0.4, 0.5) is 0 Å². The summed E-state index contributed by atoms with van der Waals surface area (Å²) in [5.41, 5.74) is 0.897. The number of para-hydroxylation sites is 1. The number of aromatic nitrogens is 1. The summed E-state index contributed by atoms with van der Waals surface area (Å²) in [5, 5.41) is 9.18. The lowest BCUT2D eigenvalue weighted by molar-refractivity contribution is -0.129. The molecule has 0 aliphatic carbocycles. The molecule has 1 unspecified atom stereocenters. The van der Waals surface area contributed by atoms with E-state index in [0.29, 0.717) is 25.1 Å². The molecule has 4 N–H and O–H groups in total. The third kappa shape index (κ3) is 6.57. The summed E-state index contributed by atoms with van der Waals surface area (Å²) in [5.74, 6) is -2.01. The van der Waals surface area contributed by atoms with E-state index in [1.165, 1.54) is 0 Å². The van der Waals surface area contributed by atoms with Gasteiger partial charge in [-0.05, 0) is 36.8 Å². The largest absolute Gasteiger partial charge is 0.356 e. The zero-order valence-electron chi connectivity index (χ0n) is 19.2. The lowest BCUT2D eigenvalue weighted by Crippen LogP contribution is -2.53. The Balaban J connectivity index is 1.76. The van der Waals surface area contributed by atoms with Crippen LogP contribution in [0.5, 0.6) is 0 Å². The van der Waals surface area contributed by atoms with Gasteiger partial charge < -0.3 is 20.9 Å². The van der Waals surface area contributed by atoms with E-state index in [2.05, 4.69) is 20.9 Å². The fraction of sp³-hybridized carbons (Fsp3) is 0.500. The Hall–Kier alpha value is -2.87. The number of Topliss-reactive ketones (excluding diaryl/α,β-unsaturated/α-hetero) is 1. The van der Waals surface area contributed by atoms with Gasteiger partial charge in [-0.2, -0.15) is 0 Å². The number of ketones is 1. The maximum absolute atomic E-state index is 13.2. The van der Waals surface area contributed by atoms with Gasteiger partial charge in [0.2, 0.25) is 11.8 Å². The van der Waals surface area contributed by atoms with Gasteiger partial charge in [-0.15, -0.1) is 11.6 Å². The van der Waals surface area contributed by atoms with Crippen molar-refractivity contribution in [3.8, 4) is 0 Å². The summed E-state index contributed by atoms with van der Waals surface area (Å²) < 4.78 is 0. The molecule has 1 fully saturated rings. The number of carbonyl (C=O) groups excluding carboxylic acids is 4. The summed E-state index contributed by atoms with van der Waals surface area (Å²) in [6.45, 7) is 6.44. The molecule has 1 aromatic heterocycles. The Labute approximate surface area is 198 Å². The second kappa shape index (κ2) is 10.4. The first-order valence-electron chi connectivity index (χ1n) is 11.1. The molecule has 0 bridgehead atoms. The van der Waals surface area contributed by atoms with Crippen molar-refractivity contribution in [3.63, 3.8) is 0 Å². The molecule has 0 spiro atoms. The van der Waals surface area contributed by atoms with Crippen molar-refractivity contribution in [2.45, 2.75) is 52.1 Å². The minimum Gasteiger partial charge on any atom is -0.356 e. The highest BCUT2D eigenvalue weighted by Gasteiger charge is 2.34. The first-order valence-corrected chi connectivity index (χ1v) is 11.7. The van der Waals surface area contributed by atoms with Crippen LogP contribution in [-0.4, -0.2) is 53.0 Å². The molecule has 1 aliphatic heterocycles. The number of fused-ring (bicyclic) bond motifs is 1. The molecule has 1 aliphatic rings. The van der Waals surface area contributed by atoms with Crippen molar-refractivity contribution < 1.29 is 19.2 Å². The molecule has 33 heavy (non-hydrogen) atoms. The highest BCUT2D eigenvalue weighted by Crippen LogP contribution is 2.23. The molecule has 3 amide bonds. The van der Waals surface area contributed by atoms with Crippen LogP contribution in [0.3, 0.4) is 0 Å². The number of hydrogen-bond acceptors (Lipinski definition) is 4. The summed E-state index contributed by atoms with van der Waals surface area (Å²) in [4.78, 5) is 53.6. The lowest BCUT2D eigenvalue weighted by atomic mass is 9.87. The summed E-state index contributed by atoms with van der Waals surface area (Å²) in [6.07, 6.45) is 1.14. The lowest BCUT2D eigenvalue weighted by Gasteiger charge is -2.28. The molecule has 8 nitrogen and oxygen atoms in total. The highest BCUT2D eigenvalue weighted by molar-refractivity contribution is 6.28. The van der Waals surface area contributed by atoms with E-state index in [1.54, 1.807) is 6.07 Å². The SMILES string of the molecule is CC(C)(C)CC(NC(=O)c1cc2ccccc2[nH]1)C(=O)N[C@@H](C[C@@H]1CCNC1=O)C(=O)CCl. The Bertz CT molecular complexity index is 1010. The molecule has 178 valence electrons. The first-order chi connectivity index (χ1) is 15.6. The standard InChI is InChI=1S/C24H31ClN4O4/c1-24(2,3)12-19(29-22(32)18-10-14-6-4-5-7-16(14)27-18)23(33)28-17(20(30)13-25)11-15-8-9-26-21(15)31/h4-7,10,15,17,19,27H,8-9,11-13H2,1-3H3,(H,26,31)(H,28,33)(H,29,32)/t15-,17-,19?/m0/s1. The second-order valence-electron chi connectivity index (χ2n) is 9.73. The van der Waals surface area contributed by atoms with E-state index in [9.17, 15) is 19.2 Å². The van der Waals surface area contributed by atoms with E-state index in [-0.39, 0.29) is 35.3 Å². The smallest absolute Gasteiger partial charge is 0.268 e. The number of benzene rings is 1. The minimum absolute atomic E-state index is 0.130. The fourth-order valence-corrected chi connectivity index (χ4v) is 4.23. The number of carbonyl (C=O) groups is 4. The Kier molecular flexibility index (Phi) is 7.79. The molecule has 3 rings (SSSR count). The van der Waals surface area contributed by atoms with Crippen LogP contribution < -0.4 is 16.0 Å². The average Bonchev–Trinajstić information content (AvgIpc) is 3.37. The average molecular weight is 475 g/mol. The molecule has 3 atom stereocenters. The van der Waals surface area contributed by atoms with Crippen molar-refractivity contribution in [1.82, 2.24) is 20.9 Å². The van der Waals surface area contributed by atoms with Gasteiger partial charge in [-0.1, -0.05) is 39.0 Å². The molecule has 9 heteroatoms. The number of alkyl halides is 1. The number of amides is 3. The van der Waals surface area contributed by atoms with Crippen molar-refractivity contribution in [3.05, 3.63) is 36.0 Å². The zero-order chi connectivity index (χ0) is 24.2. The van der Waals surface area contributed by atoms with Crippen LogP contribution in [0, 0.1) is 11.3 Å². The van der Waals surface area contributed by atoms with Gasteiger partial charge in [0.25, 0.3) is 5.91 Å². The Morgan fingerprint density at radius 1 is 1.15 bits per heavy atom. The monoisotopic (exact) mass is 474 g/mol. The first kappa shape index (κ1) is 24.8. The minimum atomic E-state index is -0.892. The van der Waals surface area contributed by atoms with E-state index >= 15 is 0 Å². The summed E-state index contributed by atoms with van der Waals surface area (Å²) in [7, 11) is 0. The van der Waals surface area contributed by atoms with E-state index in [4.69, 9.17) is 11.6 Å². The summed E-state index contributed by atoms with van der Waals surface area (Å²) >= 11 is 5.77. The maximum Gasteiger partial charge on any atom is 0.268 e. The quantitative estimate of drug-likeness (QED) is 0.417. The normalized spacial score (nSPS) is 17.9. The Morgan fingerprint density at radius 3 is 2.48 bits per heavy atom. The number of halogens is 1. The highest BCUT2D eigenvalue weighted by atomic mass is 35.5. The van der Waals surface area contributed by atoms with E-state index in [1.807, 2.05) is 45.0 Å². The predicted molar refractivity (Wildman–Crippen MR) is 127 cm³/mol. The van der Waals surface area contributed by atoms with Gasteiger partial charge in [-0.3, -0.25) is 19.2 Å². The molecule has 0 saturated carbocycles. The maximum atomic E-state index is 13.2. The van der Waals surface area contributed by atoms with Crippen molar-refractivity contribution in [1.29, 1.82) is 0 Å². The van der Waals surface area contributed by atoms with Gasteiger partial charge in [0.15, 0.2) is 5.78 Å². The molecular formula is C24H31ClN4O4. The molecule has 1 aromatic carbocycles. The van der Waals surface area contributed by atoms with Gasteiger partial charge in [0.05, 0.1) is 11.9 Å². The molecule has 2 heterocycles. The second-order valence-corrected chi connectivity index (χ2v) is 10.0. The van der Waals surface area contributed by atoms with Gasteiger partial charge >= 0.3 is 0 Å². The van der Waals surface area contributed by atoms with Crippen LogP contribution in [0.25, 0.3) is 10.9 Å². The third-order valence-electron chi connectivity index (χ3n) is 5.73. The number of H-pyrrole nitrogens is 1. The molecule has 2 aromatic rings. The van der Waals surface area contributed by atoms with Crippen LogP contribution >= 0.6 is 11.6 Å². The summed E-state index contributed by atoms with van der Waals surface area (Å²) in [6, 6.07) is 7.48. The van der Waals surface area contributed by atoms with E-state index in [0.717, 1.165) is 10.9 Å². The fourth-order valence-electron chi connectivity index (χ4n) is 4.04. The Morgan fingerprint density at radius 2 is 1.88 bits per heavy atom. The van der Waals surface area contributed by atoms with Gasteiger partial charge in [0.1, 0.15) is 11.7 Å². The number of hydrogen-bond donors (Lipinski definition) is 4. The van der Waals surface area contributed by atoms with Gasteiger partial charge in [0, 0.05) is 23.4 Å². The molecule has 1 saturated heterocycles. The predicted octanol–water partition coefficient (Wildman–Crippen LogP) is 2.52. The van der Waals surface area contributed by atoms with Crippen LogP contribution in [0.1, 0.15) is 50.5 Å². The van der Waals surface area contributed by atoms with Crippen molar-refractivity contribution >= 4 is 46.0 Å². The number of nitrogens with one attached hydrogen (secondary N) is 4. The topological polar surface area (TPSA) is 120 Å². The molecular weight excluding hydrogens is 444 g/mol. The zero-order valence-corrected chi connectivity index (χ0v) is 19.9. The van der Waals surface area contributed by atoms with Gasteiger partial charge in [-0.25, -0.2) is 0 Å².